The van der Waals surface area contributed by atoms with Crippen molar-refractivity contribution in [2.24, 2.45) is 0 Å². The molecule has 2 amide bonds. The van der Waals surface area contributed by atoms with E-state index in [1.165, 1.54) is 31.0 Å². The molecule has 1 heterocycles. The molecule has 0 saturated carbocycles. The third-order valence-corrected chi connectivity index (χ3v) is 5.69. The minimum Gasteiger partial charge on any atom is -0.495 e. The lowest BCUT2D eigenvalue weighted by atomic mass is 10.1. The highest BCUT2D eigenvalue weighted by Crippen LogP contribution is 2.27. The Morgan fingerprint density at radius 1 is 1.31 bits per heavy atom. The van der Waals surface area contributed by atoms with Crippen molar-refractivity contribution in [1.82, 2.24) is 10.6 Å². The van der Waals surface area contributed by atoms with Crippen LogP contribution < -0.4 is 20.7 Å². The first-order valence-corrected chi connectivity index (χ1v) is 10.4. The van der Waals surface area contributed by atoms with E-state index in [9.17, 15) is 14.0 Å². The highest BCUT2D eigenvalue weighted by molar-refractivity contribution is 7.99. The van der Waals surface area contributed by atoms with Crippen LogP contribution in [-0.2, 0) is 15.3 Å². The Labute approximate surface area is 177 Å². The molecule has 0 radical (unpaired) electrons. The molecule has 0 aromatic heterocycles. The van der Waals surface area contributed by atoms with Crippen LogP contribution in [0.1, 0.15) is 18.4 Å². The Balaban J connectivity index is 1.51. The van der Waals surface area contributed by atoms with Crippen molar-refractivity contribution in [3.63, 3.8) is 0 Å². The van der Waals surface area contributed by atoms with E-state index in [2.05, 4.69) is 16.0 Å². The zero-order chi connectivity index (χ0) is 20.8. The van der Waals surface area contributed by atoms with Crippen molar-refractivity contribution < 1.29 is 18.7 Å². The number of methoxy groups -OCH3 is 1. The Hall–Kier alpha value is -2.29. The minimum atomic E-state index is -0.325. The maximum absolute atomic E-state index is 13.0. The first-order chi connectivity index (χ1) is 13.9. The van der Waals surface area contributed by atoms with Crippen molar-refractivity contribution >= 4 is 40.9 Å². The maximum atomic E-state index is 13.0. The summed E-state index contributed by atoms with van der Waals surface area (Å²) < 4.78 is 18.1. The van der Waals surface area contributed by atoms with Gasteiger partial charge in [0, 0.05) is 30.3 Å². The third-order valence-electron chi connectivity index (χ3n) is 4.31. The highest BCUT2D eigenvalue weighted by atomic mass is 35.5. The fourth-order valence-electron chi connectivity index (χ4n) is 2.90. The van der Waals surface area contributed by atoms with E-state index in [-0.39, 0.29) is 42.0 Å². The number of thioether (sulfide) groups is 1. The fraction of sp³-hybridized carbons (Fsp3) is 0.300. The molecule has 0 aliphatic carbocycles. The fourth-order valence-corrected chi connectivity index (χ4v) is 4.22. The number of hydrogen-bond acceptors (Lipinski definition) is 5. The second-order valence-corrected chi connectivity index (χ2v) is 8.05. The van der Waals surface area contributed by atoms with Gasteiger partial charge in [-0.25, -0.2) is 4.39 Å². The van der Waals surface area contributed by atoms with E-state index in [0.29, 0.717) is 22.2 Å². The summed E-state index contributed by atoms with van der Waals surface area (Å²) in [6, 6.07) is 10.9. The van der Waals surface area contributed by atoms with Crippen LogP contribution in [0.5, 0.6) is 5.75 Å². The third kappa shape index (κ3) is 6.35. The van der Waals surface area contributed by atoms with Crippen LogP contribution in [0.4, 0.5) is 10.1 Å². The van der Waals surface area contributed by atoms with Gasteiger partial charge in [-0.3, -0.25) is 14.9 Å². The molecule has 3 N–H and O–H groups in total. The van der Waals surface area contributed by atoms with Gasteiger partial charge in [0.05, 0.1) is 12.1 Å². The van der Waals surface area contributed by atoms with E-state index in [0.717, 1.165) is 5.56 Å². The van der Waals surface area contributed by atoms with Crippen LogP contribution in [-0.4, -0.2) is 30.5 Å². The Kier molecular flexibility index (Phi) is 7.35. The van der Waals surface area contributed by atoms with Gasteiger partial charge in [0.15, 0.2) is 0 Å². The Bertz CT molecular complexity index is 882. The molecule has 6 nitrogen and oxygen atoms in total. The molecule has 1 aliphatic rings. The number of nitrogens with one attached hydrogen (secondary N) is 3. The van der Waals surface area contributed by atoms with Gasteiger partial charge in [0.2, 0.25) is 11.8 Å². The largest absolute Gasteiger partial charge is 0.495 e. The second-order valence-electron chi connectivity index (χ2n) is 6.55. The lowest BCUT2D eigenvalue weighted by molar-refractivity contribution is -0.124. The van der Waals surface area contributed by atoms with E-state index < -0.39 is 0 Å². The number of anilines is 1. The molecule has 29 heavy (non-hydrogen) atoms. The average molecular weight is 438 g/mol. The first kappa shape index (κ1) is 21.4. The predicted octanol–water partition coefficient (Wildman–Crippen LogP) is 3.51. The minimum absolute atomic E-state index is 0.120. The molecule has 1 aliphatic heterocycles. The van der Waals surface area contributed by atoms with Crippen molar-refractivity contribution in [3.05, 3.63) is 58.9 Å². The Morgan fingerprint density at radius 2 is 2.07 bits per heavy atom. The molecule has 154 valence electrons. The topological polar surface area (TPSA) is 79.5 Å². The standard InChI is InChI=1S/C20H21ClFN3O3S/c1-28-17-7-6-14(8-16(17)21)23-18(26)9-15-10-19(27)25-20(24-15)29-11-12-2-4-13(22)5-3-12/h2-8,15,20,24H,9-11H2,1H3,(H,23,26)(H,25,27). The van der Waals surface area contributed by atoms with Crippen molar-refractivity contribution in [2.75, 3.05) is 12.4 Å². The summed E-state index contributed by atoms with van der Waals surface area (Å²) in [7, 11) is 1.52. The molecule has 0 bridgehead atoms. The van der Waals surface area contributed by atoms with Crippen molar-refractivity contribution in [1.29, 1.82) is 0 Å². The monoisotopic (exact) mass is 437 g/mol. The van der Waals surface area contributed by atoms with E-state index in [1.54, 1.807) is 30.3 Å². The van der Waals surface area contributed by atoms with Gasteiger partial charge in [-0.05, 0) is 35.9 Å². The number of halogens is 2. The van der Waals surface area contributed by atoms with E-state index in [4.69, 9.17) is 16.3 Å². The number of carbonyl (C=O) groups is 2. The van der Waals surface area contributed by atoms with Crippen LogP contribution >= 0.6 is 23.4 Å². The second kappa shape index (κ2) is 9.96. The van der Waals surface area contributed by atoms with Gasteiger partial charge in [-0.15, -0.1) is 11.8 Å². The molecule has 2 unspecified atom stereocenters. The lowest BCUT2D eigenvalue weighted by Gasteiger charge is -2.31. The van der Waals surface area contributed by atoms with Crippen LogP contribution in [0.2, 0.25) is 5.02 Å². The van der Waals surface area contributed by atoms with Crippen LogP contribution in [0.25, 0.3) is 0 Å². The number of benzene rings is 2. The summed E-state index contributed by atoms with van der Waals surface area (Å²) in [5.41, 5.74) is 1.18. The SMILES string of the molecule is COc1ccc(NC(=O)CC2CC(=O)NC(SCc3ccc(F)cc3)N2)cc1Cl. The molecule has 1 saturated heterocycles. The van der Waals surface area contributed by atoms with E-state index >= 15 is 0 Å². The normalized spacial score (nSPS) is 18.8. The van der Waals surface area contributed by atoms with Crippen LogP contribution in [0.15, 0.2) is 42.5 Å². The van der Waals surface area contributed by atoms with Gasteiger partial charge in [0.25, 0.3) is 0 Å². The molecule has 2 aromatic rings. The average Bonchev–Trinajstić information content (AvgIpc) is 2.67. The summed E-state index contributed by atoms with van der Waals surface area (Å²) in [4.78, 5) is 24.4. The summed E-state index contributed by atoms with van der Waals surface area (Å²) in [5.74, 6) is 0.497. The molecule has 2 atom stereocenters. The van der Waals surface area contributed by atoms with Gasteiger partial charge < -0.3 is 15.4 Å². The zero-order valence-electron chi connectivity index (χ0n) is 15.7. The van der Waals surface area contributed by atoms with Crippen LogP contribution in [0.3, 0.4) is 0 Å². The zero-order valence-corrected chi connectivity index (χ0v) is 17.3. The number of rotatable bonds is 7. The van der Waals surface area contributed by atoms with Gasteiger partial charge in [-0.1, -0.05) is 23.7 Å². The quantitative estimate of drug-likeness (QED) is 0.617. The molecule has 3 rings (SSSR count). The van der Waals surface area contributed by atoms with Gasteiger partial charge in [-0.2, -0.15) is 0 Å². The van der Waals surface area contributed by atoms with Gasteiger partial charge >= 0.3 is 0 Å². The smallest absolute Gasteiger partial charge is 0.225 e. The molecule has 2 aromatic carbocycles. The number of hydrogen-bond donors (Lipinski definition) is 3. The van der Waals surface area contributed by atoms with Crippen LogP contribution in [0, 0.1) is 5.82 Å². The number of amides is 2. The van der Waals surface area contributed by atoms with E-state index in [1.807, 2.05) is 0 Å². The highest BCUT2D eigenvalue weighted by Gasteiger charge is 2.27. The molecular formula is C20H21ClFN3O3S. The molecule has 9 heteroatoms. The summed E-state index contributed by atoms with van der Waals surface area (Å²) in [6.07, 6.45) is 0.356. The number of ether oxygens (including phenoxy) is 1. The summed E-state index contributed by atoms with van der Waals surface area (Å²) in [5, 5.41) is 9.29. The summed E-state index contributed by atoms with van der Waals surface area (Å²) in [6.45, 7) is 0. The molecule has 0 spiro atoms. The van der Waals surface area contributed by atoms with Crippen molar-refractivity contribution in [3.8, 4) is 5.75 Å². The molecule has 1 fully saturated rings. The lowest BCUT2D eigenvalue weighted by Crippen LogP contribution is -2.55. The number of carbonyl (C=O) groups excluding carboxylic acids is 2. The van der Waals surface area contributed by atoms with Crippen molar-refractivity contribution in [2.45, 2.75) is 30.1 Å². The predicted molar refractivity (Wildman–Crippen MR) is 112 cm³/mol. The first-order valence-electron chi connectivity index (χ1n) is 8.98. The summed E-state index contributed by atoms with van der Waals surface area (Å²) >= 11 is 7.54. The Morgan fingerprint density at radius 3 is 2.76 bits per heavy atom. The molecular weight excluding hydrogens is 417 g/mol. The van der Waals surface area contributed by atoms with Gasteiger partial charge in [0.1, 0.15) is 17.1 Å². The maximum Gasteiger partial charge on any atom is 0.225 e.